The number of hydrogen-bond acceptors (Lipinski definition) is 5. The predicted molar refractivity (Wildman–Crippen MR) is 85.9 cm³/mol. The van der Waals surface area contributed by atoms with Crippen LogP contribution in [0, 0.1) is 0 Å². The second-order valence-corrected chi connectivity index (χ2v) is 6.97. The van der Waals surface area contributed by atoms with Gasteiger partial charge >= 0.3 is 12.1 Å². The normalized spacial score (nSPS) is 11.7. The summed E-state index contributed by atoms with van der Waals surface area (Å²) in [6.45, 7) is 10.6. The van der Waals surface area contributed by atoms with Gasteiger partial charge in [-0.15, -0.1) is 0 Å². The highest BCUT2D eigenvalue weighted by Gasteiger charge is 2.20. The topological polar surface area (TPSA) is 90.6 Å². The molecule has 0 aliphatic heterocycles. The molecule has 0 saturated carbocycles. The number of amides is 1. The molecule has 22 heavy (non-hydrogen) atoms. The number of benzene rings is 1. The molecule has 0 fully saturated rings. The van der Waals surface area contributed by atoms with Crippen molar-refractivity contribution in [2.45, 2.75) is 52.7 Å². The van der Waals surface area contributed by atoms with Crippen molar-refractivity contribution < 1.29 is 19.1 Å². The molecule has 6 heteroatoms. The fraction of sp³-hybridized carbons (Fsp3) is 0.500. The first kappa shape index (κ1) is 17.8. The minimum Gasteiger partial charge on any atom is -0.456 e. The maximum atomic E-state index is 12.1. The summed E-state index contributed by atoms with van der Waals surface area (Å²) < 4.78 is 10.4. The molecule has 0 aromatic heterocycles. The summed E-state index contributed by atoms with van der Waals surface area (Å²) in [6.07, 6.45) is -0.617. The number of anilines is 2. The maximum absolute atomic E-state index is 12.1. The Hall–Kier alpha value is -2.24. The van der Waals surface area contributed by atoms with E-state index in [0.29, 0.717) is 11.4 Å². The number of carbonyl (C=O) groups excluding carboxylic acids is 2. The van der Waals surface area contributed by atoms with E-state index in [9.17, 15) is 9.59 Å². The van der Waals surface area contributed by atoms with E-state index >= 15 is 0 Å². The Balaban J connectivity index is 2.91. The zero-order valence-corrected chi connectivity index (χ0v) is 13.9. The quantitative estimate of drug-likeness (QED) is 0.644. The van der Waals surface area contributed by atoms with Gasteiger partial charge in [0.2, 0.25) is 0 Å². The standard InChI is InChI=1S/C16H24N2O4/c1-15(2,3)21-13(19)10-7-11(17)9-12(8-10)18-14(20)22-16(4,5)6/h7-9H,17H2,1-6H3,(H,18,20). The van der Waals surface area contributed by atoms with Gasteiger partial charge in [0.15, 0.2) is 0 Å². The number of carbonyl (C=O) groups is 2. The van der Waals surface area contributed by atoms with Gasteiger partial charge in [-0.3, -0.25) is 5.32 Å². The van der Waals surface area contributed by atoms with Gasteiger partial charge < -0.3 is 15.2 Å². The van der Waals surface area contributed by atoms with Crippen molar-refractivity contribution in [3.05, 3.63) is 23.8 Å². The van der Waals surface area contributed by atoms with E-state index < -0.39 is 23.3 Å². The van der Waals surface area contributed by atoms with E-state index in [2.05, 4.69) is 5.32 Å². The van der Waals surface area contributed by atoms with E-state index in [1.165, 1.54) is 18.2 Å². The lowest BCUT2D eigenvalue weighted by Crippen LogP contribution is -2.27. The average Bonchev–Trinajstić information content (AvgIpc) is 2.22. The van der Waals surface area contributed by atoms with Gasteiger partial charge in [0.1, 0.15) is 11.2 Å². The maximum Gasteiger partial charge on any atom is 0.412 e. The van der Waals surface area contributed by atoms with Crippen molar-refractivity contribution in [2.24, 2.45) is 0 Å². The molecule has 0 saturated heterocycles. The van der Waals surface area contributed by atoms with Crippen LogP contribution in [0.4, 0.5) is 16.2 Å². The first-order valence-corrected chi connectivity index (χ1v) is 7.00. The predicted octanol–water partition coefficient (Wildman–Crippen LogP) is 3.57. The summed E-state index contributed by atoms with van der Waals surface area (Å²) in [5.74, 6) is -0.507. The van der Waals surface area contributed by atoms with Gasteiger partial charge in [0.25, 0.3) is 0 Å². The van der Waals surface area contributed by atoms with E-state index in [1.54, 1.807) is 41.5 Å². The smallest absolute Gasteiger partial charge is 0.412 e. The summed E-state index contributed by atoms with van der Waals surface area (Å²) in [6, 6.07) is 4.53. The molecular formula is C16H24N2O4. The highest BCUT2D eigenvalue weighted by Crippen LogP contribution is 2.20. The summed E-state index contributed by atoms with van der Waals surface area (Å²) in [7, 11) is 0. The molecule has 122 valence electrons. The van der Waals surface area contributed by atoms with E-state index in [0.717, 1.165) is 0 Å². The van der Waals surface area contributed by atoms with Crippen molar-refractivity contribution in [3.8, 4) is 0 Å². The first-order valence-electron chi connectivity index (χ1n) is 7.00. The van der Waals surface area contributed by atoms with Crippen molar-refractivity contribution >= 4 is 23.4 Å². The number of hydrogen-bond donors (Lipinski definition) is 2. The fourth-order valence-corrected chi connectivity index (χ4v) is 1.60. The zero-order chi connectivity index (χ0) is 17.1. The van der Waals surface area contributed by atoms with E-state index in [4.69, 9.17) is 15.2 Å². The minimum atomic E-state index is -0.617. The molecule has 1 rings (SSSR count). The van der Waals surface area contributed by atoms with Crippen LogP contribution in [0.1, 0.15) is 51.9 Å². The second kappa shape index (κ2) is 6.25. The summed E-state index contributed by atoms with van der Waals surface area (Å²) in [5, 5.41) is 2.55. The van der Waals surface area contributed by atoms with Crippen molar-refractivity contribution in [1.82, 2.24) is 0 Å². The largest absolute Gasteiger partial charge is 0.456 e. The Labute approximate surface area is 131 Å². The van der Waals surface area contributed by atoms with Crippen LogP contribution < -0.4 is 11.1 Å². The Morgan fingerprint density at radius 2 is 1.50 bits per heavy atom. The summed E-state index contributed by atoms with van der Waals surface area (Å²) >= 11 is 0. The molecule has 1 amide bonds. The molecule has 1 aromatic rings. The summed E-state index contributed by atoms with van der Waals surface area (Å²) in [4.78, 5) is 23.8. The molecule has 0 bridgehead atoms. The molecule has 0 aliphatic carbocycles. The third-order valence-corrected chi connectivity index (χ3v) is 2.24. The third-order valence-electron chi connectivity index (χ3n) is 2.24. The highest BCUT2D eigenvalue weighted by molar-refractivity contribution is 5.94. The Morgan fingerprint density at radius 3 is 2.00 bits per heavy atom. The van der Waals surface area contributed by atoms with Crippen molar-refractivity contribution in [1.29, 1.82) is 0 Å². The molecule has 3 N–H and O–H groups in total. The van der Waals surface area contributed by atoms with E-state index in [-0.39, 0.29) is 5.56 Å². The number of nitrogens with two attached hydrogens (primary N) is 1. The van der Waals surface area contributed by atoms with Crippen molar-refractivity contribution in [2.75, 3.05) is 11.1 Å². The number of esters is 1. The van der Waals surface area contributed by atoms with Crippen LogP contribution in [-0.4, -0.2) is 23.3 Å². The molecule has 0 unspecified atom stereocenters. The average molecular weight is 308 g/mol. The Bertz CT molecular complexity index is 568. The highest BCUT2D eigenvalue weighted by atomic mass is 16.6. The van der Waals surface area contributed by atoms with Crippen LogP contribution in [0.25, 0.3) is 0 Å². The SMILES string of the molecule is CC(C)(C)OC(=O)Nc1cc(N)cc(C(=O)OC(C)(C)C)c1. The minimum absolute atomic E-state index is 0.265. The van der Waals surface area contributed by atoms with Gasteiger partial charge in [-0.2, -0.15) is 0 Å². The van der Waals surface area contributed by atoms with Gasteiger partial charge in [0.05, 0.1) is 5.56 Å². The molecule has 0 aliphatic rings. The molecule has 1 aromatic carbocycles. The Kier molecular flexibility index (Phi) is 5.06. The van der Waals surface area contributed by atoms with Crippen LogP contribution in [0.2, 0.25) is 0 Å². The van der Waals surface area contributed by atoms with E-state index in [1.807, 2.05) is 0 Å². The van der Waals surface area contributed by atoms with Gasteiger partial charge in [-0.25, -0.2) is 9.59 Å². The summed E-state index contributed by atoms with van der Waals surface area (Å²) in [5.41, 5.74) is 5.52. The molecule has 0 atom stereocenters. The molecule has 6 nitrogen and oxygen atoms in total. The monoisotopic (exact) mass is 308 g/mol. The van der Waals surface area contributed by atoms with Crippen molar-refractivity contribution in [3.63, 3.8) is 0 Å². The van der Waals surface area contributed by atoms with Crippen LogP contribution in [0.15, 0.2) is 18.2 Å². The molecule has 0 spiro atoms. The van der Waals surface area contributed by atoms with Gasteiger partial charge in [-0.05, 0) is 59.7 Å². The first-order chi connectivity index (χ1) is 9.85. The lowest BCUT2D eigenvalue weighted by atomic mass is 10.1. The zero-order valence-electron chi connectivity index (χ0n) is 13.9. The van der Waals surface area contributed by atoms with Crippen LogP contribution >= 0.6 is 0 Å². The van der Waals surface area contributed by atoms with Crippen LogP contribution in [-0.2, 0) is 9.47 Å². The third kappa shape index (κ3) is 6.47. The van der Waals surface area contributed by atoms with Crippen LogP contribution in [0.5, 0.6) is 0 Å². The number of rotatable bonds is 2. The van der Waals surface area contributed by atoms with Crippen LogP contribution in [0.3, 0.4) is 0 Å². The number of nitrogen functional groups attached to an aromatic ring is 1. The number of ether oxygens (including phenoxy) is 2. The fourth-order valence-electron chi connectivity index (χ4n) is 1.60. The second-order valence-electron chi connectivity index (χ2n) is 6.97. The lowest BCUT2D eigenvalue weighted by Gasteiger charge is -2.21. The lowest BCUT2D eigenvalue weighted by molar-refractivity contribution is 0.00692. The molecule has 0 radical (unpaired) electrons. The van der Waals surface area contributed by atoms with Gasteiger partial charge in [0, 0.05) is 11.4 Å². The molecular weight excluding hydrogens is 284 g/mol. The molecule has 0 heterocycles. The van der Waals surface area contributed by atoms with Gasteiger partial charge in [-0.1, -0.05) is 0 Å². The Morgan fingerprint density at radius 1 is 0.955 bits per heavy atom. The number of nitrogens with one attached hydrogen (secondary N) is 1.